The monoisotopic (exact) mass is 415 g/mol. The Morgan fingerprint density at radius 1 is 1.17 bits per heavy atom. The van der Waals surface area contributed by atoms with Crippen molar-refractivity contribution in [2.24, 2.45) is 5.92 Å². The summed E-state index contributed by atoms with van der Waals surface area (Å²) >= 11 is 0. The van der Waals surface area contributed by atoms with Crippen LogP contribution < -0.4 is 19.7 Å². The number of likely N-dealkylation sites (tertiary alicyclic amines) is 1. The van der Waals surface area contributed by atoms with Crippen molar-refractivity contribution in [3.8, 4) is 11.5 Å². The highest BCUT2D eigenvalue weighted by atomic mass is 16.5. The van der Waals surface area contributed by atoms with Crippen LogP contribution in [0.15, 0.2) is 29.8 Å². The normalized spacial score (nSPS) is 20.2. The lowest BCUT2D eigenvalue weighted by Gasteiger charge is -2.32. The highest BCUT2D eigenvalue weighted by Crippen LogP contribution is 2.34. The number of carbonyl (C=O) groups excluding carboxylic acids is 2. The molecule has 0 bridgehead atoms. The molecule has 2 fully saturated rings. The first-order chi connectivity index (χ1) is 14.4. The summed E-state index contributed by atoms with van der Waals surface area (Å²) in [5.74, 6) is 0.788. The summed E-state index contributed by atoms with van der Waals surface area (Å²) < 4.78 is 10.6. The van der Waals surface area contributed by atoms with Crippen LogP contribution in [0.25, 0.3) is 0 Å². The minimum absolute atomic E-state index is 0.0194. The van der Waals surface area contributed by atoms with Crippen LogP contribution in [0.5, 0.6) is 11.5 Å². The van der Waals surface area contributed by atoms with Crippen LogP contribution in [0.3, 0.4) is 0 Å². The van der Waals surface area contributed by atoms with Crippen molar-refractivity contribution in [3.63, 3.8) is 0 Å². The molecule has 0 radical (unpaired) electrons. The molecule has 30 heavy (non-hydrogen) atoms. The molecule has 2 amide bonds. The van der Waals surface area contributed by atoms with Gasteiger partial charge < -0.3 is 19.7 Å². The number of benzene rings is 1. The fourth-order valence-corrected chi connectivity index (χ4v) is 4.02. The second-order valence-corrected chi connectivity index (χ2v) is 8.31. The van der Waals surface area contributed by atoms with Crippen LogP contribution in [0, 0.1) is 5.92 Å². The van der Waals surface area contributed by atoms with Gasteiger partial charge in [-0.2, -0.15) is 0 Å². The smallest absolute Gasteiger partial charge is 0.227 e. The maximum Gasteiger partial charge on any atom is 0.227 e. The van der Waals surface area contributed by atoms with Crippen molar-refractivity contribution in [1.29, 1.82) is 0 Å². The Labute approximate surface area is 179 Å². The Hall–Kier alpha value is -2.54. The topological polar surface area (TPSA) is 71.1 Å². The van der Waals surface area contributed by atoms with E-state index in [9.17, 15) is 9.59 Å². The molecule has 0 saturated carbocycles. The number of nitrogens with zero attached hydrogens (tertiary/aromatic N) is 2. The molecule has 7 nitrogen and oxygen atoms in total. The maximum atomic E-state index is 12.8. The van der Waals surface area contributed by atoms with Gasteiger partial charge >= 0.3 is 0 Å². The van der Waals surface area contributed by atoms with Crippen molar-refractivity contribution in [2.45, 2.75) is 39.2 Å². The van der Waals surface area contributed by atoms with Gasteiger partial charge in [0.1, 0.15) is 0 Å². The van der Waals surface area contributed by atoms with Crippen molar-refractivity contribution >= 4 is 17.5 Å². The predicted octanol–water partition coefficient (Wildman–Crippen LogP) is 2.60. The number of hydrogen-bond acceptors (Lipinski definition) is 5. The molecule has 2 aliphatic heterocycles. The van der Waals surface area contributed by atoms with E-state index < -0.39 is 0 Å². The molecule has 2 aliphatic rings. The largest absolute Gasteiger partial charge is 0.493 e. The molecular weight excluding hydrogens is 382 g/mol. The quantitative estimate of drug-likeness (QED) is 0.693. The lowest BCUT2D eigenvalue weighted by atomic mass is 10.0. The van der Waals surface area contributed by atoms with E-state index in [2.05, 4.69) is 30.1 Å². The third kappa shape index (κ3) is 5.33. The number of anilines is 1. The number of hydrogen-bond donors (Lipinski definition) is 1. The summed E-state index contributed by atoms with van der Waals surface area (Å²) in [7, 11) is 3.14. The van der Waals surface area contributed by atoms with Gasteiger partial charge in [-0.15, -0.1) is 0 Å². The Balaban J connectivity index is 1.54. The van der Waals surface area contributed by atoms with E-state index in [-0.39, 0.29) is 30.2 Å². The zero-order valence-electron chi connectivity index (χ0n) is 18.4. The molecule has 2 heterocycles. The van der Waals surface area contributed by atoms with Gasteiger partial charge in [0.05, 0.1) is 20.1 Å². The number of methoxy groups -OCH3 is 2. The first-order valence-electron chi connectivity index (χ1n) is 10.6. The molecule has 0 spiro atoms. The molecule has 1 aromatic carbocycles. The van der Waals surface area contributed by atoms with Gasteiger partial charge in [-0.25, -0.2) is 0 Å². The Bertz CT molecular complexity index is 796. The minimum Gasteiger partial charge on any atom is -0.493 e. The van der Waals surface area contributed by atoms with E-state index in [1.54, 1.807) is 31.3 Å². The molecule has 164 valence electrons. The van der Waals surface area contributed by atoms with E-state index in [4.69, 9.17) is 9.47 Å². The minimum atomic E-state index is -0.325. The van der Waals surface area contributed by atoms with E-state index in [0.717, 1.165) is 38.2 Å². The van der Waals surface area contributed by atoms with Gasteiger partial charge in [0.2, 0.25) is 11.8 Å². The van der Waals surface area contributed by atoms with Gasteiger partial charge in [-0.1, -0.05) is 11.6 Å². The Morgan fingerprint density at radius 2 is 1.87 bits per heavy atom. The Kier molecular flexibility index (Phi) is 7.37. The standard InChI is InChI=1S/C23H33N3O4/c1-16(2)7-10-25-11-8-18(9-12-25)24-23(28)17-13-22(27)26(15-17)19-5-6-20(29-3)21(14-19)30-4/h5-7,14,17-18H,8-13,15H2,1-4H3,(H,24,28). The number of rotatable bonds is 7. The number of carbonyl (C=O) groups is 2. The lowest BCUT2D eigenvalue weighted by Crippen LogP contribution is -2.46. The van der Waals surface area contributed by atoms with Crippen LogP contribution in [-0.4, -0.2) is 63.2 Å². The number of nitrogens with one attached hydrogen (secondary N) is 1. The van der Waals surface area contributed by atoms with Crippen molar-refractivity contribution in [3.05, 3.63) is 29.8 Å². The number of allylic oxidation sites excluding steroid dienone is 1. The van der Waals surface area contributed by atoms with Gasteiger partial charge in [-0.05, 0) is 38.8 Å². The Morgan fingerprint density at radius 3 is 2.50 bits per heavy atom. The molecule has 7 heteroatoms. The van der Waals surface area contributed by atoms with E-state index in [1.165, 1.54) is 5.57 Å². The first kappa shape index (κ1) is 22.2. The highest BCUT2D eigenvalue weighted by molar-refractivity contribution is 6.00. The van der Waals surface area contributed by atoms with Gasteiger partial charge in [0.25, 0.3) is 0 Å². The molecule has 1 atom stereocenters. The predicted molar refractivity (Wildman–Crippen MR) is 117 cm³/mol. The number of piperidine rings is 1. The second-order valence-electron chi connectivity index (χ2n) is 8.31. The fourth-order valence-electron chi connectivity index (χ4n) is 4.02. The lowest BCUT2D eigenvalue weighted by molar-refractivity contribution is -0.127. The zero-order chi connectivity index (χ0) is 21.7. The molecule has 3 rings (SSSR count). The van der Waals surface area contributed by atoms with Crippen molar-refractivity contribution in [1.82, 2.24) is 10.2 Å². The molecule has 1 unspecified atom stereocenters. The first-order valence-corrected chi connectivity index (χ1v) is 10.6. The van der Waals surface area contributed by atoms with Crippen LogP contribution in [0.2, 0.25) is 0 Å². The van der Waals surface area contributed by atoms with E-state index in [0.29, 0.717) is 18.0 Å². The summed E-state index contributed by atoms with van der Waals surface area (Å²) in [6, 6.07) is 5.56. The number of amides is 2. The fraction of sp³-hybridized carbons (Fsp3) is 0.565. The van der Waals surface area contributed by atoms with Crippen LogP contribution in [0.4, 0.5) is 5.69 Å². The molecule has 1 aromatic rings. The highest BCUT2D eigenvalue weighted by Gasteiger charge is 2.36. The summed E-state index contributed by atoms with van der Waals surface area (Å²) in [5.41, 5.74) is 2.05. The third-order valence-corrected chi connectivity index (χ3v) is 5.87. The average molecular weight is 416 g/mol. The molecule has 0 aromatic heterocycles. The number of ether oxygens (including phenoxy) is 2. The summed E-state index contributed by atoms with van der Waals surface area (Å²) in [5, 5.41) is 3.17. The molecular formula is C23H33N3O4. The molecule has 1 N–H and O–H groups in total. The second kappa shape index (κ2) is 9.98. The van der Waals surface area contributed by atoms with Crippen LogP contribution >= 0.6 is 0 Å². The average Bonchev–Trinajstić information content (AvgIpc) is 3.14. The van der Waals surface area contributed by atoms with Crippen molar-refractivity contribution in [2.75, 3.05) is 45.3 Å². The van der Waals surface area contributed by atoms with Gasteiger partial charge in [-0.3, -0.25) is 14.5 Å². The van der Waals surface area contributed by atoms with Crippen LogP contribution in [0.1, 0.15) is 33.1 Å². The molecule has 0 aliphatic carbocycles. The summed E-state index contributed by atoms with van der Waals surface area (Å²) in [6.07, 6.45) is 4.37. The van der Waals surface area contributed by atoms with Crippen LogP contribution in [-0.2, 0) is 9.59 Å². The maximum absolute atomic E-state index is 12.8. The summed E-state index contributed by atoms with van der Waals surface area (Å²) in [6.45, 7) is 7.55. The van der Waals surface area contributed by atoms with E-state index in [1.807, 2.05) is 6.07 Å². The third-order valence-electron chi connectivity index (χ3n) is 5.87. The van der Waals surface area contributed by atoms with Crippen molar-refractivity contribution < 1.29 is 19.1 Å². The zero-order valence-corrected chi connectivity index (χ0v) is 18.4. The molecule has 2 saturated heterocycles. The van der Waals surface area contributed by atoms with E-state index >= 15 is 0 Å². The summed E-state index contributed by atoms with van der Waals surface area (Å²) in [4.78, 5) is 29.4. The SMILES string of the molecule is COc1ccc(N2CC(C(=O)NC3CCN(CC=C(C)C)CC3)CC2=O)cc1OC. The van der Waals surface area contributed by atoms with Gasteiger partial charge in [0, 0.05) is 50.4 Å². The van der Waals surface area contributed by atoms with Gasteiger partial charge in [0.15, 0.2) is 11.5 Å².